The van der Waals surface area contributed by atoms with E-state index in [-0.39, 0.29) is 11.7 Å². The normalized spacial score (nSPS) is 18.5. The number of amides is 1. The third-order valence-electron chi connectivity index (χ3n) is 3.58. The minimum absolute atomic E-state index is 0.110. The second kappa shape index (κ2) is 5.94. The summed E-state index contributed by atoms with van der Waals surface area (Å²) in [6.45, 7) is -0.590. The molecule has 0 spiro atoms. The zero-order valence-corrected chi connectivity index (χ0v) is 12.1. The van der Waals surface area contributed by atoms with Gasteiger partial charge in [0.1, 0.15) is 18.4 Å². The van der Waals surface area contributed by atoms with Crippen molar-refractivity contribution in [3.63, 3.8) is 0 Å². The number of nitrogens with zero attached hydrogens (tertiary/aromatic N) is 3. The monoisotopic (exact) mass is 324 g/mol. The van der Waals surface area contributed by atoms with E-state index < -0.39 is 18.8 Å². The van der Waals surface area contributed by atoms with Crippen LogP contribution in [0.3, 0.4) is 0 Å². The van der Waals surface area contributed by atoms with Crippen LogP contribution in [0.15, 0.2) is 42.6 Å². The molecule has 2 heterocycles. The van der Waals surface area contributed by atoms with Crippen molar-refractivity contribution in [2.24, 2.45) is 0 Å². The number of nitrogens with one attached hydrogen (secondary N) is 1. The molecule has 0 aliphatic carbocycles. The Hall–Kier alpha value is -2.51. The molecule has 1 aliphatic heterocycles. The molecule has 1 saturated heterocycles. The van der Waals surface area contributed by atoms with Crippen LogP contribution in [-0.2, 0) is 11.3 Å². The van der Waals surface area contributed by atoms with E-state index in [0.717, 1.165) is 10.4 Å². The molecule has 2 aromatic rings. The molecule has 0 radical (unpaired) electrons. The molecule has 8 heteroatoms. The van der Waals surface area contributed by atoms with Gasteiger partial charge in [0.15, 0.2) is 0 Å². The van der Waals surface area contributed by atoms with E-state index in [1.54, 1.807) is 4.90 Å². The van der Waals surface area contributed by atoms with E-state index in [9.17, 15) is 18.0 Å². The predicted octanol–water partition coefficient (Wildman–Crippen LogP) is 2.66. The maximum Gasteiger partial charge on any atom is 0.408 e. The summed E-state index contributed by atoms with van der Waals surface area (Å²) in [5.41, 5.74) is 0.810. The number of halogens is 3. The molecule has 1 fully saturated rings. The van der Waals surface area contributed by atoms with Crippen LogP contribution in [0.5, 0.6) is 0 Å². The van der Waals surface area contributed by atoms with Crippen molar-refractivity contribution in [2.75, 3.05) is 16.8 Å². The van der Waals surface area contributed by atoms with E-state index in [1.807, 2.05) is 30.3 Å². The fraction of sp³-hybridized carbons (Fsp3) is 0.333. The van der Waals surface area contributed by atoms with Crippen LogP contribution in [0.4, 0.5) is 24.7 Å². The number of carbonyl (C=O) groups is 1. The Morgan fingerprint density at radius 1 is 1.22 bits per heavy atom. The summed E-state index contributed by atoms with van der Waals surface area (Å²) in [6.07, 6.45) is -2.51. The maximum absolute atomic E-state index is 12.4. The van der Waals surface area contributed by atoms with Crippen molar-refractivity contribution >= 4 is 17.4 Å². The van der Waals surface area contributed by atoms with E-state index in [2.05, 4.69) is 10.4 Å². The quantitative estimate of drug-likeness (QED) is 0.941. The van der Waals surface area contributed by atoms with Crippen LogP contribution in [0, 0.1) is 0 Å². The zero-order chi connectivity index (χ0) is 16.4. The number of anilines is 2. The zero-order valence-electron chi connectivity index (χ0n) is 12.1. The van der Waals surface area contributed by atoms with Crippen molar-refractivity contribution in [1.29, 1.82) is 0 Å². The van der Waals surface area contributed by atoms with Gasteiger partial charge in [-0.15, -0.1) is 0 Å². The first-order valence-corrected chi connectivity index (χ1v) is 7.15. The number of hydrogen-bond acceptors (Lipinski definition) is 3. The van der Waals surface area contributed by atoms with E-state index in [1.165, 1.54) is 12.3 Å². The van der Waals surface area contributed by atoms with Crippen molar-refractivity contribution in [1.82, 2.24) is 9.78 Å². The third-order valence-corrected chi connectivity index (χ3v) is 3.58. The summed E-state index contributed by atoms with van der Waals surface area (Å²) < 4.78 is 37.7. The lowest BCUT2D eigenvalue weighted by Crippen LogP contribution is -2.33. The summed E-state index contributed by atoms with van der Waals surface area (Å²) in [4.78, 5) is 14.1. The van der Waals surface area contributed by atoms with Crippen LogP contribution in [0.2, 0.25) is 0 Å². The molecule has 0 saturated carbocycles. The standard InChI is InChI=1S/C15H15F3N4O/c16-15(17,18)10-21-8-7-13(20-21)19-12-6-9-22(14(12)23)11-4-2-1-3-5-11/h1-5,7-8,12H,6,9-10H2,(H,19,20)/t12-/m1/s1. The van der Waals surface area contributed by atoms with Crippen LogP contribution in [0.25, 0.3) is 0 Å². The Morgan fingerprint density at radius 3 is 2.65 bits per heavy atom. The molecule has 1 amide bonds. The second-order valence-electron chi connectivity index (χ2n) is 5.32. The summed E-state index contributed by atoms with van der Waals surface area (Å²) in [7, 11) is 0. The molecule has 3 rings (SSSR count). The van der Waals surface area contributed by atoms with Gasteiger partial charge < -0.3 is 10.2 Å². The summed E-state index contributed by atoms with van der Waals surface area (Å²) in [6, 6.07) is 10.2. The number of para-hydroxylation sites is 1. The van der Waals surface area contributed by atoms with Crippen molar-refractivity contribution in [3.05, 3.63) is 42.6 Å². The Morgan fingerprint density at radius 2 is 1.96 bits per heavy atom. The minimum atomic E-state index is -4.32. The predicted molar refractivity (Wildman–Crippen MR) is 79.1 cm³/mol. The van der Waals surface area contributed by atoms with Crippen LogP contribution >= 0.6 is 0 Å². The maximum atomic E-state index is 12.4. The highest BCUT2D eigenvalue weighted by Gasteiger charge is 2.33. The molecule has 1 N–H and O–H groups in total. The van der Waals surface area contributed by atoms with E-state index >= 15 is 0 Å². The third kappa shape index (κ3) is 3.64. The fourth-order valence-corrected chi connectivity index (χ4v) is 2.57. The van der Waals surface area contributed by atoms with Gasteiger partial charge in [-0.25, -0.2) is 0 Å². The average Bonchev–Trinajstić information content (AvgIpc) is 3.06. The molecule has 23 heavy (non-hydrogen) atoms. The number of benzene rings is 1. The highest BCUT2D eigenvalue weighted by atomic mass is 19.4. The Kier molecular flexibility index (Phi) is 3.97. The number of rotatable bonds is 4. The molecule has 1 aromatic carbocycles. The molecule has 122 valence electrons. The Balaban J connectivity index is 1.64. The fourth-order valence-electron chi connectivity index (χ4n) is 2.57. The van der Waals surface area contributed by atoms with Gasteiger partial charge in [-0.3, -0.25) is 9.48 Å². The first-order chi connectivity index (χ1) is 10.9. The molecule has 0 bridgehead atoms. The van der Waals surface area contributed by atoms with E-state index in [4.69, 9.17) is 0 Å². The highest BCUT2D eigenvalue weighted by Crippen LogP contribution is 2.23. The second-order valence-corrected chi connectivity index (χ2v) is 5.32. The van der Waals surface area contributed by atoms with Gasteiger partial charge in [-0.1, -0.05) is 18.2 Å². The van der Waals surface area contributed by atoms with Gasteiger partial charge >= 0.3 is 6.18 Å². The SMILES string of the molecule is O=C1[C@H](Nc2ccn(CC(F)(F)F)n2)CCN1c1ccccc1. The molecular formula is C15H15F3N4O. The van der Waals surface area contributed by atoms with Gasteiger partial charge in [-0.05, 0) is 18.6 Å². The number of hydrogen-bond donors (Lipinski definition) is 1. The van der Waals surface area contributed by atoms with Crippen molar-refractivity contribution in [3.8, 4) is 0 Å². The molecule has 0 unspecified atom stereocenters. The number of aromatic nitrogens is 2. The minimum Gasteiger partial charge on any atom is -0.357 e. The Bertz CT molecular complexity index is 684. The van der Waals surface area contributed by atoms with Crippen LogP contribution < -0.4 is 10.2 Å². The lowest BCUT2D eigenvalue weighted by Gasteiger charge is -2.17. The number of alkyl halides is 3. The van der Waals surface area contributed by atoms with E-state index in [0.29, 0.717) is 13.0 Å². The first kappa shape index (κ1) is 15.4. The molecule has 1 atom stereocenters. The van der Waals surface area contributed by atoms with Gasteiger partial charge in [0.2, 0.25) is 5.91 Å². The molecule has 1 aliphatic rings. The van der Waals surface area contributed by atoms with Gasteiger partial charge in [0, 0.05) is 24.5 Å². The van der Waals surface area contributed by atoms with Crippen molar-refractivity contribution < 1.29 is 18.0 Å². The summed E-state index contributed by atoms with van der Waals surface area (Å²) >= 11 is 0. The lowest BCUT2D eigenvalue weighted by atomic mass is 10.2. The van der Waals surface area contributed by atoms with Crippen LogP contribution in [0.1, 0.15) is 6.42 Å². The number of carbonyl (C=O) groups excluding carboxylic acids is 1. The van der Waals surface area contributed by atoms with Crippen molar-refractivity contribution in [2.45, 2.75) is 25.2 Å². The lowest BCUT2D eigenvalue weighted by molar-refractivity contribution is -0.142. The van der Waals surface area contributed by atoms with Gasteiger partial charge in [-0.2, -0.15) is 18.3 Å². The average molecular weight is 324 g/mol. The summed E-state index contributed by atoms with van der Waals surface area (Å²) in [5.74, 6) is 0.157. The molecule has 5 nitrogen and oxygen atoms in total. The smallest absolute Gasteiger partial charge is 0.357 e. The summed E-state index contributed by atoms with van der Waals surface area (Å²) in [5, 5.41) is 6.71. The Labute approximate surface area is 130 Å². The topological polar surface area (TPSA) is 50.2 Å². The van der Waals surface area contributed by atoms with Gasteiger partial charge in [0.05, 0.1) is 0 Å². The van der Waals surface area contributed by atoms with Crippen LogP contribution in [-0.4, -0.2) is 34.5 Å². The highest BCUT2D eigenvalue weighted by molar-refractivity contribution is 6.00. The molecular weight excluding hydrogens is 309 g/mol. The largest absolute Gasteiger partial charge is 0.408 e. The first-order valence-electron chi connectivity index (χ1n) is 7.15. The van der Waals surface area contributed by atoms with Gasteiger partial charge in [0.25, 0.3) is 0 Å². The molecule has 1 aromatic heterocycles.